The zero-order valence-corrected chi connectivity index (χ0v) is 9.50. The number of nitrogens with zero attached hydrogens (tertiary/aromatic N) is 2. The smallest absolute Gasteiger partial charge is 0.130 e. The Bertz CT molecular complexity index is 265. The number of nitrogens with one attached hydrogen (secondary N) is 1. The molecule has 0 bridgehead atoms. The zero-order valence-electron chi connectivity index (χ0n) is 7.92. The summed E-state index contributed by atoms with van der Waals surface area (Å²) >= 11 is 3.30. The summed E-state index contributed by atoms with van der Waals surface area (Å²) in [7, 11) is 0. The molecule has 0 aliphatic carbocycles. The van der Waals surface area contributed by atoms with Crippen molar-refractivity contribution in [2.24, 2.45) is 5.92 Å². The van der Waals surface area contributed by atoms with Gasteiger partial charge in [-0.1, -0.05) is 20.3 Å². The molecule has 1 heterocycles. The molecule has 1 unspecified atom stereocenters. The molecule has 0 saturated carbocycles. The second-order valence-corrected chi connectivity index (χ2v) is 3.93. The Labute approximate surface area is 87.1 Å². The fourth-order valence-electron chi connectivity index (χ4n) is 0.853. The van der Waals surface area contributed by atoms with Gasteiger partial charge in [-0.15, -0.1) is 0 Å². The number of hydrogen-bond acceptors (Lipinski definition) is 3. The standard InChI is InChI=1S/C9H14BrN3/c1-3-7(2)5-11-9-4-8(10)12-6-13-9/h4,6-7H,3,5H2,1-2H3,(H,11,12,13). The molecule has 72 valence electrons. The van der Waals surface area contributed by atoms with Gasteiger partial charge in [-0.2, -0.15) is 0 Å². The van der Waals surface area contributed by atoms with Gasteiger partial charge in [0.25, 0.3) is 0 Å². The van der Waals surface area contributed by atoms with Gasteiger partial charge in [-0.25, -0.2) is 9.97 Å². The zero-order chi connectivity index (χ0) is 9.68. The van der Waals surface area contributed by atoms with Crippen molar-refractivity contribution < 1.29 is 0 Å². The third-order valence-electron chi connectivity index (χ3n) is 1.96. The van der Waals surface area contributed by atoms with E-state index in [2.05, 4.69) is 45.1 Å². The molecule has 0 radical (unpaired) electrons. The molecule has 1 aromatic heterocycles. The van der Waals surface area contributed by atoms with E-state index in [4.69, 9.17) is 0 Å². The van der Waals surface area contributed by atoms with Crippen LogP contribution in [0.5, 0.6) is 0 Å². The van der Waals surface area contributed by atoms with Crippen molar-refractivity contribution in [2.45, 2.75) is 20.3 Å². The lowest BCUT2D eigenvalue weighted by Gasteiger charge is -2.09. The summed E-state index contributed by atoms with van der Waals surface area (Å²) in [6, 6.07) is 1.88. The van der Waals surface area contributed by atoms with E-state index in [1.165, 1.54) is 6.42 Å². The monoisotopic (exact) mass is 243 g/mol. The number of rotatable bonds is 4. The number of anilines is 1. The van der Waals surface area contributed by atoms with E-state index in [0.717, 1.165) is 17.0 Å². The largest absolute Gasteiger partial charge is 0.370 e. The van der Waals surface area contributed by atoms with Crippen LogP contribution in [-0.4, -0.2) is 16.5 Å². The molecule has 1 N–H and O–H groups in total. The van der Waals surface area contributed by atoms with Crippen LogP contribution in [0.1, 0.15) is 20.3 Å². The minimum atomic E-state index is 0.675. The lowest BCUT2D eigenvalue weighted by molar-refractivity contribution is 0.592. The molecule has 1 aromatic rings. The molecule has 0 spiro atoms. The van der Waals surface area contributed by atoms with Crippen LogP contribution in [0.25, 0.3) is 0 Å². The Morgan fingerprint density at radius 3 is 2.92 bits per heavy atom. The summed E-state index contributed by atoms with van der Waals surface area (Å²) in [5.74, 6) is 1.55. The van der Waals surface area contributed by atoms with Crippen molar-refractivity contribution in [3.8, 4) is 0 Å². The first kappa shape index (κ1) is 10.4. The normalized spacial score (nSPS) is 12.5. The first-order valence-electron chi connectivity index (χ1n) is 4.43. The highest BCUT2D eigenvalue weighted by Crippen LogP contribution is 2.10. The van der Waals surface area contributed by atoms with Gasteiger partial charge in [0.05, 0.1) is 0 Å². The summed E-state index contributed by atoms with van der Waals surface area (Å²) in [5, 5.41) is 3.26. The van der Waals surface area contributed by atoms with E-state index in [1.54, 1.807) is 6.33 Å². The van der Waals surface area contributed by atoms with Gasteiger partial charge in [-0.05, 0) is 21.8 Å². The number of aromatic nitrogens is 2. The van der Waals surface area contributed by atoms with Crippen LogP contribution in [0.4, 0.5) is 5.82 Å². The van der Waals surface area contributed by atoms with Crippen molar-refractivity contribution >= 4 is 21.7 Å². The Balaban J connectivity index is 2.45. The lowest BCUT2D eigenvalue weighted by atomic mass is 10.1. The first-order valence-corrected chi connectivity index (χ1v) is 5.23. The molecule has 0 amide bonds. The van der Waals surface area contributed by atoms with Gasteiger partial charge in [0.15, 0.2) is 0 Å². The highest BCUT2D eigenvalue weighted by atomic mass is 79.9. The molecular formula is C9H14BrN3. The van der Waals surface area contributed by atoms with Crippen molar-refractivity contribution in [3.63, 3.8) is 0 Å². The van der Waals surface area contributed by atoms with Crippen molar-refractivity contribution in [3.05, 3.63) is 17.0 Å². The summed E-state index contributed by atoms with van der Waals surface area (Å²) in [6.45, 7) is 5.35. The maximum atomic E-state index is 4.09. The summed E-state index contributed by atoms with van der Waals surface area (Å²) in [5.41, 5.74) is 0. The summed E-state index contributed by atoms with van der Waals surface area (Å²) in [6.07, 6.45) is 2.72. The van der Waals surface area contributed by atoms with Gasteiger partial charge in [0.1, 0.15) is 16.7 Å². The fraction of sp³-hybridized carbons (Fsp3) is 0.556. The average Bonchev–Trinajstić information content (AvgIpc) is 2.14. The molecule has 0 aliphatic heterocycles. The predicted octanol–water partition coefficient (Wildman–Crippen LogP) is 2.70. The quantitative estimate of drug-likeness (QED) is 0.827. The maximum absolute atomic E-state index is 4.09. The molecule has 13 heavy (non-hydrogen) atoms. The van der Waals surface area contributed by atoms with Crippen LogP contribution in [0, 0.1) is 5.92 Å². The number of halogens is 1. The Kier molecular flexibility index (Phi) is 4.15. The maximum Gasteiger partial charge on any atom is 0.130 e. The van der Waals surface area contributed by atoms with E-state index in [9.17, 15) is 0 Å². The molecule has 1 atom stereocenters. The van der Waals surface area contributed by atoms with Crippen LogP contribution in [0.15, 0.2) is 17.0 Å². The van der Waals surface area contributed by atoms with E-state index >= 15 is 0 Å². The third-order valence-corrected chi connectivity index (χ3v) is 2.40. The second kappa shape index (κ2) is 5.17. The van der Waals surface area contributed by atoms with E-state index in [0.29, 0.717) is 5.92 Å². The van der Waals surface area contributed by atoms with E-state index in [-0.39, 0.29) is 0 Å². The lowest BCUT2D eigenvalue weighted by Crippen LogP contribution is -2.11. The molecule has 0 aliphatic rings. The van der Waals surface area contributed by atoms with Gasteiger partial charge >= 0.3 is 0 Å². The van der Waals surface area contributed by atoms with Crippen molar-refractivity contribution in [1.29, 1.82) is 0 Å². The Morgan fingerprint density at radius 1 is 1.54 bits per heavy atom. The Morgan fingerprint density at radius 2 is 2.31 bits per heavy atom. The highest BCUT2D eigenvalue weighted by Gasteiger charge is 1.99. The minimum absolute atomic E-state index is 0.675. The van der Waals surface area contributed by atoms with Crippen LogP contribution in [-0.2, 0) is 0 Å². The van der Waals surface area contributed by atoms with Crippen LogP contribution >= 0.6 is 15.9 Å². The molecule has 4 heteroatoms. The van der Waals surface area contributed by atoms with Gasteiger partial charge < -0.3 is 5.32 Å². The van der Waals surface area contributed by atoms with Crippen molar-refractivity contribution in [2.75, 3.05) is 11.9 Å². The first-order chi connectivity index (χ1) is 6.22. The van der Waals surface area contributed by atoms with Gasteiger partial charge in [-0.3, -0.25) is 0 Å². The second-order valence-electron chi connectivity index (χ2n) is 3.12. The van der Waals surface area contributed by atoms with Gasteiger partial charge in [0, 0.05) is 12.6 Å². The van der Waals surface area contributed by atoms with Crippen LogP contribution in [0.3, 0.4) is 0 Å². The van der Waals surface area contributed by atoms with Crippen LogP contribution < -0.4 is 5.32 Å². The fourth-order valence-corrected chi connectivity index (χ4v) is 1.16. The molecule has 0 aromatic carbocycles. The van der Waals surface area contributed by atoms with E-state index < -0.39 is 0 Å². The minimum Gasteiger partial charge on any atom is -0.370 e. The molecular weight excluding hydrogens is 230 g/mol. The molecule has 1 rings (SSSR count). The van der Waals surface area contributed by atoms with Crippen molar-refractivity contribution in [1.82, 2.24) is 9.97 Å². The molecule has 3 nitrogen and oxygen atoms in total. The average molecular weight is 244 g/mol. The predicted molar refractivity (Wildman–Crippen MR) is 57.7 cm³/mol. The topological polar surface area (TPSA) is 37.8 Å². The SMILES string of the molecule is CCC(C)CNc1cc(Br)ncn1. The molecule has 0 saturated heterocycles. The van der Waals surface area contributed by atoms with E-state index in [1.807, 2.05) is 6.07 Å². The third kappa shape index (κ3) is 3.72. The highest BCUT2D eigenvalue weighted by molar-refractivity contribution is 9.10. The van der Waals surface area contributed by atoms with Gasteiger partial charge in [0.2, 0.25) is 0 Å². The summed E-state index contributed by atoms with van der Waals surface area (Å²) in [4.78, 5) is 8.05. The number of hydrogen-bond donors (Lipinski definition) is 1. The Hall–Kier alpha value is -0.640. The molecule has 0 fully saturated rings. The summed E-state index contributed by atoms with van der Waals surface area (Å²) < 4.78 is 0.814. The van der Waals surface area contributed by atoms with Crippen LogP contribution in [0.2, 0.25) is 0 Å².